The van der Waals surface area contributed by atoms with Gasteiger partial charge >= 0.3 is 0 Å². The maximum atomic E-state index is 15.0. The Balaban J connectivity index is 1.81. The van der Waals surface area contributed by atoms with Gasteiger partial charge in [0.1, 0.15) is 24.2 Å². The van der Waals surface area contributed by atoms with Gasteiger partial charge in [-0.25, -0.2) is 12.8 Å². The molecule has 2 atom stereocenters. The lowest BCUT2D eigenvalue weighted by atomic mass is 10.0. The molecule has 46 heavy (non-hydrogen) atoms. The van der Waals surface area contributed by atoms with Gasteiger partial charge in [0.2, 0.25) is 11.8 Å². The van der Waals surface area contributed by atoms with Crippen LogP contribution in [0.5, 0.6) is 5.75 Å². The minimum absolute atomic E-state index is 0.0768. The zero-order valence-corrected chi connectivity index (χ0v) is 27.5. The van der Waals surface area contributed by atoms with E-state index in [1.54, 1.807) is 6.07 Å². The fraction of sp³-hybridized carbons (Fsp3) is 0.257. The van der Waals surface area contributed by atoms with Crippen LogP contribution in [0.3, 0.4) is 0 Å². The Bertz CT molecular complexity index is 1720. The number of carbonyl (C=O) groups excluding carboxylic acids is 2. The average Bonchev–Trinajstić information content (AvgIpc) is 3.06. The van der Waals surface area contributed by atoms with E-state index >= 15 is 4.39 Å². The second kappa shape index (κ2) is 15.7. The van der Waals surface area contributed by atoms with Gasteiger partial charge in [0, 0.05) is 29.6 Å². The maximum Gasteiger partial charge on any atom is 0.264 e. The van der Waals surface area contributed by atoms with Gasteiger partial charge in [-0.15, -0.1) is 0 Å². The molecule has 0 aromatic heterocycles. The summed E-state index contributed by atoms with van der Waals surface area (Å²) in [6, 6.07) is 25.7. The Hall–Kier alpha value is -4.41. The largest absolute Gasteiger partial charge is 0.497 e. The number of anilines is 1. The van der Waals surface area contributed by atoms with Crippen LogP contribution in [-0.4, -0.2) is 50.9 Å². The van der Waals surface area contributed by atoms with Crippen molar-refractivity contribution < 1.29 is 27.1 Å². The van der Waals surface area contributed by atoms with Gasteiger partial charge in [-0.05, 0) is 73.5 Å². The highest BCUT2D eigenvalue weighted by Gasteiger charge is 2.35. The molecule has 0 fully saturated rings. The lowest BCUT2D eigenvalue weighted by Crippen LogP contribution is -2.54. The Labute approximate surface area is 274 Å². The average molecular weight is 666 g/mol. The first-order valence-electron chi connectivity index (χ1n) is 14.8. The summed E-state index contributed by atoms with van der Waals surface area (Å²) in [6.45, 7) is 2.83. The van der Waals surface area contributed by atoms with Crippen LogP contribution >= 0.6 is 11.6 Å². The van der Waals surface area contributed by atoms with Crippen LogP contribution in [0.15, 0.2) is 108 Å². The van der Waals surface area contributed by atoms with Crippen molar-refractivity contribution in [3.8, 4) is 5.75 Å². The van der Waals surface area contributed by atoms with E-state index in [-0.39, 0.29) is 35.2 Å². The van der Waals surface area contributed by atoms with Crippen LogP contribution in [0.25, 0.3) is 0 Å². The zero-order chi connectivity index (χ0) is 33.3. The zero-order valence-electron chi connectivity index (χ0n) is 25.9. The van der Waals surface area contributed by atoms with Crippen LogP contribution in [0, 0.1) is 5.82 Å². The highest BCUT2D eigenvalue weighted by Crippen LogP contribution is 2.27. The molecule has 8 nitrogen and oxygen atoms in total. The maximum absolute atomic E-state index is 15.0. The van der Waals surface area contributed by atoms with E-state index in [1.165, 1.54) is 78.7 Å². The molecular weight excluding hydrogens is 629 g/mol. The minimum Gasteiger partial charge on any atom is -0.497 e. The molecule has 0 saturated carbocycles. The number of hydrogen-bond acceptors (Lipinski definition) is 5. The molecule has 0 spiro atoms. The quantitative estimate of drug-likeness (QED) is 0.172. The summed E-state index contributed by atoms with van der Waals surface area (Å²) >= 11 is 6.11. The summed E-state index contributed by atoms with van der Waals surface area (Å²) in [5.41, 5.74) is 1.14. The number of amides is 2. The fourth-order valence-corrected chi connectivity index (χ4v) is 6.36. The SMILES string of the molecule is CC[C@@H](C)NC(=O)[C@@H](Cc1ccccc1)N(Cc1ccccc1F)C(=O)CN(c1ccc(Cl)cc1)S(=O)(=O)c1ccc(OC)cc1. The summed E-state index contributed by atoms with van der Waals surface area (Å²) in [5.74, 6) is -1.23. The van der Waals surface area contributed by atoms with Crippen LogP contribution in [0.2, 0.25) is 5.02 Å². The minimum atomic E-state index is -4.32. The molecule has 0 bridgehead atoms. The number of halogens is 2. The molecule has 0 aliphatic heterocycles. The van der Waals surface area contributed by atoms with E-state index in [1.807, 2.05) is 44.2 Å². The van der Waals surface area contributed by atoms with E-state index in [9.17, 15) is 18.0 Å². The van der Waals surface area contributed by atoms with Crippen LogP contribution < -0.4 is 14.4 Å². The molecule has 4 aromatic rings. The molecule has 242 valence electrons. The van der Waals surface area contributed by atoms with Crippen molar-refractivity contribution in [2.24, 2.45) is 0 Å². The van der Waals surface area contributed by atoms with Crippen molar-refractivity contribution in [1.82, 2.24) is 10.2 Å². The molecule has 11 heteroatoms. The van der Waals surface area contributed by atoms with E-state index in [0.717, 1.165) is 9.87 Å². The van der Waals surface area contributed by atoms with Gasteiger partial charge in [-0.2, -0.15) is 0 Å². The van der Waals surface area contributed by atoms with Crippen LogP contribution in [0.4, 0.5) is 10.1 Å². The smallest absolute Gasteiger partial charge is 0.264 e. The van der Waals surface area contributed by atoms with Crippen molar-refractivity contribution in [3.05, 3.63) is 125 Å². The van der Waals surface area contributed by atoms with Gasteiger partial charge in [-0.3, -0.25) is 13.9 Å². The first kappa shape index (κ1) is 34.5. The molecule has 0 radical (unpaired) electrons. The second-order valence-corrected chi connectivity index (χ2v) is 13.1. The topological polar surface area (TPSA) is 96.0 Å². The third-order valence-electron chi connectivity index (χ3n) is 7.61. The third-order valence-corrected chi connectivity index (χ3v) is 9.65. The number of carbonyl (C=O) groups is 2. The monoisotopic (exact) mass is 665 g/mol. The Morgan fingerprint density at radius 3 is 2.15 bits per heavy atom. The number of nitrogens with zero attached hydrogens (tertiary/aromatic N) is 2. The molecule has 0 saturated heterocycles. The number of methoxy groups -OCH3 is 1. The Morgan fingerprint density at radius 1 is 0.913 bits per heavy atom. The van der Waals surface area contributed by atoms with Gasteiger partial charge in [0.05, 0.1) is 17.7 Å². The van der Waals surface area contributed by atoms with Gasteiger partial charge in [0.25, 0.3) is 10.0 Å². The summed E-state index contributed by atoms with van der Waals surface area (Å²) in [4.78, 5) is 29.5. The highest BCUT2D eigenvalue weighted by molar-refractivity contribution is 7.92. The molecule has 0 heterocycles. The van der Waals surface area contributed by atoms with Gasteiger partial charge < -0.3 is 15.0 Å². The normalized spacial score (nSPS) is 12.5. The molecule has 2 amide bonds. The van der Waals surface area contributed by atoms with Gasteiger partial charge in [-0.1, -0.05) is 67.1 Å². The van der Waals surface area contributed by atoms with Crippen molar-refractivity contribution in [2.45, 2.75) is 50.2 Å². The van der Waals surface area contributed by atoms with E-state index in [4.69, 9.17) is 16.3 Å². The van der Waals surface area contributed by atoms with Crippen molar-refractivity contribution in [3.63, 3.8) is 0 Å². The summed E-state index contributed by atoms with van der Waals surface area (Å²) < 4.78 is 49.4. The Kier molecular flexibility index (Phi) is 11.8. The predicted molar refractivity (Wildman–Crippen MR) is 178 cm³/mol. The summed E-state index contributed by atoms with van der Waals surface area (Å²) in [7, 11) is -2.85. The highest BCUT2D eigenvalue weighted by atomic mass is 35.5. The summed E-state index contributed by atoms with van der Waals surface area (Å²) in [5, 5.41) is 3.34. The molecule has 4 aromatic carbocycles. The Morgan fingerprint density at radius 2 is 1.54 bits per heavy atom. The van der Waals surface area contributed by atoms with Crippen molar-refractivity contribution in [1.29, 1.82) is 0 Å². The standard InChI is InChI=1S/C35H37ClFN3O5S/c1-4-25(2)38-35(42)33(22-26-10-6-5-7-11-26)39(23-27-12-8-9-13-32(27)37)34(41)24-40(29-16-14-28(36)15-17-29)46(43,44)31-20-18-30(45-3)19-21-31/h5-21,25,33H,4,22-24H2,1-3H3,(H,38,42)/t25-,33-/m1/s1. The number of rotatable bonds is 14. The molecule has 0 aliphatic carbocycles. The van der Waals surface area contributed by atoms with E-state index in [0.29, 0.717) is 17.2 Å². The molecule has 0 unspecified atom stereocenters. The van der Waals surface area contributed by atoms with Crippen molar-refractivity contribution >= 4 is 39.1 Å². The predicted octanol–water partition coefficient (Wildman–Crippen LogP) is 6.24. The van der Waals surface area contributed by atoms with E-state index < -0.39 is 40.2 Å². The first-order chi connectivity index (χ1) is 22.0. The number of ether oxygens (including phenoxy) is 1. The summed E-state index contributed by atoms with van der Waals surface area (Å²) in [6.07, 6.45) is 0.769. The number of sulfonamides is 1. The third kappa shape index (κ3) is 8.64. The fourth-order valence-electron chi connectivity index (χ4n) is 4.82. The molecular formula is C35H37ClFN3O5S. The lowest BCUT2D eigenvalue weighted by Gasteiger charge is -2.34. The second-order valence-electron chi connectivity index (χ2n) is 10.8. The van der Waals surface area contributed by atoms with Crippen molar-refractivity contribution in [2.75, 3.05) is 18.0 Å². The van der Waals surface area contributed by atoms with E-state index in [2.05, 4.69) is 5.32 Å². The van der Waals surface area contributed by atoms with Crippen LogP contribution in [0.1, 0.15) is 31.4 Å². The van der Waals surface area contributed by atoms with Crippen LogP contribution in [-0.2, 0) is 32.6 Å². The lowest BCUT2D eigenvalue weighted by molar-refractivity contribution is -0.140. The van der Waals surface area contributed by atoms with Gasteiger partial charge in [0.15, 0.2) is 0 Å². The number of nitrogens with one attached hydrogen (secondary N) is 1. The molecule has 1 N–H and O–H groups in total. The molecule has 4 rings (SSSR count). The first-order valence-corrected chi connectivity index (χ1v) is 16.6. The number of hydrogen-bond donors (Lipinski definition) is 1. The molecule has 0 aliphatic rings. The number of benzene rings is 4.